The third kappa shape index (κ3) is 6.47. The molecule has 36 heavy (non-hydrogen) atoms. The number of carbonyl (C=O) groups excluding carboxylic acids is 2. The summed E-state index contributed by atoms with van der Waals surface area (Å²) in [5.74, 6) is -0.580. The number of nitrogens with zero attached hydrogens (tertiary/aromatic N) is 4. The zero-order valence-electron chi connectivity index (χ0n) is 21.0. The SMILES string of the molecule is CCNC(=O)N(CCN1CCOCC1)CC(=O)N1N=C(c2ccc(F)cc2)C[C@H]1c1ccc(C)cc1. The van der Waals surface area contributed by atoms with Gasteiger partial charge in [-0.15, -0.1) is 0 Å². The first-order valence-corrected chi connectivity index (χ1v) is 12.5. The van der Waals surface area contributed by atoms with E-state index < -0.39 is 0 Å². The van der Waals surface area contributed by atoms with E-state index in [0.717, 1.165) is 29.8 Å². The molecule has 0 aliphatic carbocycles. The van der Waals surface area contributed by atoms with Crippen LogP contribution in [-0.2, 0) is 9.53 Å². The maximum absolute atomic E-state index is 13.6. The first kappa shape index (κ1) is 25.8. The van der Waals surface area contributed by atoms with Crippen LogP contribution in [0.25, 0.3) is 0 Å². The van der Waals surface area contributed by atoms with Crippen LogP contribution in [0.15, 0.2) is 53.6 Å². The van der Waals surface area contributed by atoms with Crippen LogP contribution in [0.4, 0.5) is 9.18 Å². The van der Waals surface area contributed by atoms with Gasteiger partial charge in [-0.2, -0.15) is 5.10 Å². The Bertz CT molecular complexity index is 1070. The summed E-state index contributed by atoms with van der Waals surface area (Å²) in [4.78, 5) is 30.2. The van der Waals surface area contributed by atoms with Gasteiger partial charge in [-0.1, -0.05) is 42.0 Å². The highest BCUT2D eigenvalue weighted by Gasteiger charge is 2.34. The Kier molecular flexibility index (Phi) is 8.66. The van der Waals surface area contributed by atoms with Crippen molar-refractivity contribution >= 4 is 17.6 Å². The van der Waals surface area contributed by atoms with Crippen LogP contribution in [0.5, 0.6) is 0 Å². The number of carbonyl (C=O) groups is 2. The van der Waals surface area contributed by atoms with E-state index >= 15 is 0 Å². The van der Waals surface area contributed by atoms with E-state index in [4.69, 9.17) is 4.74 Å². The Labute approximate surface area is 211 Å². The molecule has 1 N–H and O–H groups in total. The fourth-order valence-corrected chi connectivity index (χ4v) is 4.44. The average Bonchev–Trinajstić information content (AvgIpc) is 3.33. The number of amides is 3. The summed E-state index contributed by atoms with van der Waals surface area (Å²) in [6.45, 7) is 8.32. The molecular weight excluding hydrogens is 461 g/mol. The van der Waals surface area contributed by atoms with Gasteiger partial charge < -0.3 is 15.0 Å². The molecule has 2 aromatic rings. The summed E-state index contributed by atoms with van der Waals surface area (Å²) in [5.41, 5.74) is 3.58. The van der Waals surface area contributed by atoms with Gasteiger partial charge in [-0.25, -0.2) is 14.2 Å². The van der Waals surface area contributed by atoms with Crippen LogP contribution >= 0.6 is 0 Å². The third-order valence-electron chi connectivity index (χ3n) is 6.54. The van der Waals surface area contributed by atoms with E-state index in [2.05, 4.69) is 15.3 Å². The van der Waals surface area contributed by atoms with Gasteiger partial charge in [0.15, 0.2) is 0 Å². The molecule has 3 amide bonds. The van der Waals surface area contributed by atoms with Gasteiger partial charge >= 0.3 is 6.03 Å². The smallest absolute Gasteiger partial charge is 0.317 e. The molecule has 0 spiro atoms. The molecular formula is C27H34FN5O3. The average molecular weight is 496 g/mol. The third-order valence-corrected chi connectivity index (χ3v) is 6.54. The van der Waals surface area contributed by atoms with Gasteiger partial charge in [0.25, 0.3) is 5.91 Å². The zero-order valence-corrected chi connectivity index (χ0v) is 21.0. The second-order valence-corrected chi connectivity index (χ2v) is 9.13. The predicted molar refractivity (Wildman–Crippen MR) is 136 cm³/mol. The quantitative estimate of drug-likeness (QED) is 0.610. The number of nitrogens with one attached hydrogen (secondary N) is 1. The van der Waals surface area contributed by atoms with Crippen molar-refractivity contribution in [3.05, 3.63) is 71.0 Å². The minimum Gasteiger partial charge on any atom is -0.379 e. The summed E-state index contributed by atoms with van der Waals surface area (Å²) < 4.78 is 18.9. The highest BCUT2D eigenvalue weighted by Crippen LogP contribution is 2.33. The molecule has 2 aliphatic heterocycles. The predicted octanol–water partition coefficient (Wildman–Crippen LogP) is 3.18. The maximum atomic E-state index is 13.6. The molecule has 192 valence electrons. The lowest BCUT2D eigenvalue weighted by molar-refractivity contribution is -0.133. The molecule has 1 fully saturated rings. The molecule has 0 saturated carbocycles. The number of halogens is 1. The van der Waals surface area contributed by atoms with Crippen LogP contribution in [0.3, 0.4) is 0 Å². The summed E-state index contributed by atoms with van der Waals surface area (Å²) in [5, 5.41) is 8.98. The molecule has 2 aromatic carbocycles. The van der Waals surface area contributed by atoms with Crippen LogP contribution in [0, 0.1) is 12.7 Å². The fraction of sp³-hybridized carbons (Fsp3) is 0.444. The van der Waals surface area contributed by atoms with E-state index in [1.807, 2.05) is 38.1 Å². The fourth-order valence-electron chi connectivity index (χ4n) is 4.44. The number of ether oxygens (including phenoxy) is 1. The summed E-state index contributed by atoms with van der Waals surface area (Å²) in [6, 6.07) is 13.6. The lowest BCUT2D eigenvalue weighted by atomic mass is 9.97. The molecule has 4 rings (SSSR count). The lowest BCUT2D eigenvalue weighted by Gasteiger charge is -2.31. The Balaban J connectivity index is 1.54. The molecule has 2 aliphatic rings. The monoisotopic (exact) mass is 495 g/mol. The number of hydrogen-bond acceptors (Lipinski definition) is 5. The van der Waals surface area contributed by atoms with Crippen molar-refractivity contribution in [2.24, 2.45) is 5.10 Å². The standard InChI is InChI=1S/C27H34FN5O3/c1-3-29-27(35)32(13-12-31-14-16-36-17-15-31)19-26(34)33-25(22-6-4-20(2)5-7-22)18-24(30-33)21-8-10-23(28)11-9-21/h4-11,25H,3,12-19H2,1-2H3,(H,29,35)/t25-/m0/s1. The zero-order chi connectivity index (χ0) is 25.5. The minimum absolute atomic E-state index is 0.0846. The van der Waals surface area contributed by atoms with Gasteiger partial charge in [0.1, 0.15) is 12.4 Å². The number of benzene rings is 2. The van der Waals surface area contributed by atoms with Gasteiger partial charge in [0, 0.05) is 39.1 Å². The largest absolute Gasteiger partial charge is 0.379 e. The van der Waals surface area contributed by atoms with Gasteiger partial charge in [0.2, 0.25) is 0 Å². The second kappa shape index (κ2) is 12.1. The van der Waals surface area contributed by atoms with Crippen molar-refractivity contribution in [2.75, 3.05) is 52.5 Å². The molecule has 1 atom stereocenters. The van der Waals surface area contributed by atoms with Crippen molar-refractivity contribution in [2.45, 2.75) is 26.3 Å². The Hall–Kier alpha value is -3.30. The molecule has 8 nitrogen and oxygen atoms in total. The van der Waals surface area contributed by atoms with E-state index in [1.165, 1.54) is 17.1 Å². The molecule has 1 saturated heterocycles. The summed E-state index contributed by atoms with van der Waals surface area (Å²) in [7, 11) is 0. The summed E-state index contributed by atoms with van der Waals surface area (Å²) >= 11 is 0. The van der Waals surface area contributed by atoms with Crippen molar-refractivity contribution in [1.29, 1.82) is 0 Å². The topological polar surface area (TPSA) is 77.5 Å². The van der Waals surface area contributed by atoms with Crippen molar-refractivity contribution in [3.8, 4) is 0 Å². The molecule has 9 heteroatoms. The number of hydrazone groups is 1. The highest BCUT2D eigenvalue weighted by molar-refractivity contribution is 6.03. The van der Waals surface area contributed by atoms with Gasteiger partial charge in [-0.3, -0.25) is 9.69 Å². The number of hydrogen-bond donors (Lipinski definition) is 1. The van der Waals surface area contributed by atoms with Crippen LogP contribution in [0.1, 0.15) is 36.1 Å². The highest BCUT2D eigenvalue weighted by atomic mass is 19.1. The number of aryl methyl sites for hydroxylation is 1. The molecule has 0 aromatic heterocycles. The molecule has 0 bridgehead atoms. The molecule has 0 unspecified atom stereocenters. The van der Waals surface area contributed by atoms with E-state index in [1.54, 1.807) is 17.0 Å². The Morgan fingerprint density at radius 2 is 1.81 bits per heavy atom. The van der Waals surface area contributed by atoms with Gasteiger partial charge in [-0.05, 0) is 37.1 Å². The molecule has 2 heterocycles. The number of urea groups is 1. The Morgan fingerprint density at radius 3 is 2.47 bits per heavy atom. The minimum atomic E-state index is -0.321. The van der Waals surface area contributed by atoms with Crippen molar-refractivity contribution in [1.82, 2.24) is 20.1 Å². The van der Waals surface area contributed by atoms with E-state index in [0.29, 0.717) is 45.0 Å². The van der Waals surface area contributed by atoms with Crippen LogP contribution in [0.2, 0.25) is 0 Å². The first-order valence-electron chi connectivity index (χ1n) is 12.5. The normalized spacial score (nSPS) is 18.1. The van der Waals surface area contributed by atoms with Crippen LogP contribution < -0.4 is 5.32 Å². The lowest BCUT2D eigenvalue weighted by Crippen LogP contribution is -2.49. The van der Waals surface area contributed by atoms with E-state index in [9.17, 15) is 14.0 Å². The van der Waals surface area contributed by atoms with Crippen LogP contribution in [-0.4, -0.2) is 84.9 Å². The number of morpholine rings is 1. The summed E-state index contributed by atoms with van der Waals surface area (Å²) in [6.07, 6.45) is 0.509. The number of rotatable bonds is 8. The first-order chi connectivity index (χ1) is 17.4. The maximum Gasteiger partial charge on any atom is 0.317 e. The van der Waals surface area contributed by atoms with Crippen molar-refractivity contribution < 1.29 is 18.7 Å². The molecule has 0 radical (unpaired) electrons. The Morgan fingerprint density at radius 1 is 1.11 bits per heavy atom. The van der Waals surface area contributed by atoms with E-state index in [-0.39, 0.29) is 30.3 Å². The van der Waals surface area contributed by atoms with Gasteiger partial charge in [0.05, 0.1) is 25.0 Å². The second-order valence-electron chi connectivity index (χ2n) is 9.13. The van der Waals surface area contributed by atoms with Crippen molar-refractivity contribution in [3.63, 3.8) is 0 Å².